The smallest absolute Gasteiger partial charge is 0.231 e. The predicted molar refractivity (Wildman–Crippen MR) is 75.1 cm³/mol. The van der Waals surface area contributed by atoms with Gasteiger partial charge in [0.25, 0.3) is 0 Å². The molecule has 0 aromatic carbocycles. The number of rotatable bonds is 4. The first-order valence-corrected chi connectivity index (χ1v) is 7.13. The number of nitrogens with zero attached hydrogens (tertiary/aromatic N) is 5. The standard InChI is InChI=1S/C11H15N7S/c12-9-15-10(13-5-8-6-19-7-14-8)17-11(16-9)18-3-1-2-4-18/h6-7H,1-5H2,(H3,12,13,15,16,17). The molecule has 3 N–H and O–H groups in total. The van der Waals surface area contributed by atoms with Gasteiger partial charge in [-0.1, -0.05) is 0 Å². The second-order valence-electron chi connectivity index (χ2n) is 4.34. The highest BCUT2D eigenvalue weighted by Crippen LogP contribution is 2.17. The van der Waals surface area contributed by atoms with Gasteiger partial charge in [-0.05, 0) is 12.8 Å². The van der Waals surface area contributed by atoms with Crippen molar-refractivity contribution in [3.63, 3.8) is 0 Å². The van der Waals surface area contributed by atoms with Crippen molar-refractivity contribution in [1.82, 2.24) is 19.9 Å². The molecular weight excluding hydrogens is 262 g/mol. The fraction of sp³-hybridized carbons (Fsp3) is 0.455. The SMILES string of the molecule is Nc1nc(NCc2cscn2)nc(N2CCCC2)n1. The van der Waals surface area contributed by atoms with Crippen LogP contribution in [0.25, 0.3) is 0 Å². The molecule has 1 fully saturated rings. The number of nitrogens with one attached hydrogen (secondary N) is 1. The van der Waals surface area contributed by atoms with E-state index in [9.17, 15) is 0 Å². The molecule has 100 valence electrons. The maximum absolute atomic E-state index is 5.73. The summed E-state index contributed by atoms with van der Waals surface area (Å²) in [4.78, 5) is 19.0. The molecule has 0 amide bonds. The van der Waals surface area contributed by atoms with Gasteiger partial charge < -0.3 is 16.0 Å². The third-order valence-corrected chi connectivity index (χ3v) is 3.58. The van der Waals surface area contributed by atoms with E-state index in [1.54, 1.807) is 16.8 Å². The largest absolute Gasteiger partial charge is 0.368 e. The summed E-state index contributed by atoms with van der Waals surface area (Å²) in [5.41, 5.74) is 8.50. The highest BCUT2D eigenvalue weighted by Gasteiger charge is 2.16. The molecule has 1 aliphatic heterocycles. The van der Waals surface area contributed by atoms with Crippen molar-refractivity contribution in [2.45, 2.75) is 19.4 Å². The molecule has 3 heterocycles. The Kier molecular flexibility index (Phi) is 3.41. The number of hydrogen-bond acceptors (Lipinski definition) is 8. The second-order valence-corrected chi connectivity index (χ2v) is 5.06. The van der Waals surface area contributed by atoms with Crippen molar-refractivity contribution in [3.8, 4) is 0 Å². The van der Waals surface area contributed by atoms with Crippen molar-refractivity contribution in [1.29, 1.82) is 0 Å². The van der Waals surface area contributed by atoms with Gasteiger partial charge in [-0.25, -0.2) is 4.98 Å². The number of anilines is 3. The fourth-order valence-corrected chi connectivity index (χ4v) is 2.57. The average Bonchev–Trinajstić information content (AvgIpc) is 3.09. The molecule has 0 unspecified atom stereocenters. The molecule has 0 radical (unpaired) electrons. The monoisotopic (exact) mass is 277 g/mol. The number of nitrogens with two attached hydrogens (primary N) is 1. The number of aromatic nitrogens is 4. The minimum atomic E-state index is 0.248. The van der Waals surface area contributed by atoms with E-state index in [1.807, 2.05) is 5.38 Å². The third kappa shape index (κ3) is 2.90. The molecule has 1 aliphatic rings. The summed E-state index contributed by atoms with van der Waals surface area (Å²) in [5.74, 6) is 1.41. The highest BCUT2D eigenvalue weighted by atomic mass is 32.1. The van der Waals surface area contributed by atoms with Gasteiger partial charge in [-0.2, -0.15) is 15.0 Å². The summed E-state index contributed by atoms with van der Waals surface area (Å²) >= 11 is 1.56. The Morgan fingerprint density at radius 3 is 2.84 bits per heavy atom. The summed E-state index contributed by atoms with van der Waals surface area (Å²) < 4.78 is 0. The van der Waals surface area contributed by atoms with Gasteiger partial charge in [-0.3, -0.25) is 0 Å². The Balaban J connectivity index is 1.73. The van der Waals surface area contributed by atoms with Gasteiger partial charge in [0.05, 0.1) is 17.7 Å². The van der Waals surface area contributed by atoms with Crippen LogP contribution in [0.2, 0.25) is 0 Å². The van der Waals surface area contributed by atoms with Crippen LogP contribution in [-0.2, 0) is 6.54 Å². The topological polar surface area (TPSA) is 92.8 Å². The van der Waals surface area contributed by atoms with Gasteiger partial charge in [-0.15, -0.1) is 11.3 Å². The van der Waals surface area contributed by atoms with Crippen LogP contribution in [0.3, 0.4) is 0 Å². The fourth-order valence-electron chi connectivity index (χ4n) is 2.01. The van der Waals surface area contributed by atoms with Crippen LogP contribution in [0.15, 0.2) is 10.9 Å². The highest BCUT2D eigenvalue weighted by molar-refractivity contribution is 7.07. The van der Waals surface area contributed by atoms with E-state index < -0.39 is 0 Å². The molecule has 2 aromatic heterocycles. The van der Waals surface area contributed by atoms with Crippen LogP contribution in [0.4, 0.5) is 17.8 Å². The lowest BCUT2D eigenvalue weighted by Crippen LogP contribution is -2.22. The molecular formula is C11H15N7S. The van der Waals surface area contributed by atoms with E-state index in [-0.39, 0.29) is 5.95 Å². The summed E-state index contributed by atoms with van der Waals surface area (Å²) in [6, 6.07) is 0. The molecule has 0 saturated carbocycles. The van der Waals surface area contributed by atoms with Crippen molar-refractivity contribution in [2.24, 2.45) is 0 Å². The summed E-state index contributed by atoms with van der Waals surface area (Å²) in [7, 11) is 0. The zero-order valence-corrected chi connectivity index (χ0v) is 11.2. The summed E-state index contributed by atoms with van der Waals surface area (Å²) in [6.45, 7) is 2.55. The molecule has 3 rings (SSSR count). The molecule has 19 heavy (non-hydrogen) atoms. The Labute approximate surface area is 114 Å². The van der Waals surface area contributed by atoms with Crippen LogP contribution in [0.1, 0.15) is 18.5 Å². The van der Waals surface area contributed by atoms with E-state index in [4.69, 9.17) is 5.73 Å². The number of thiazole rings is 1. The molecule has 0 atom stereocenters. The lowest BCUT2D eigenvalue weighted by Gasteiger charge is -2.15. The Morgan fingerprint density at radius 2 is 2.11 bits per heavy atom. The van der Waals surface area contributed by atoms with Crippen molar-refractivity contribution in [3.05, 3.63) is 16.6 Å². The van der Waals surface area contributed by atoms with Crippen LogP contribution in [0, 0.1) is 0 Å². The molecule has 0 bridgehead atoms. The first kappa shape index (κ1) is 12.1. The molecule has 0 spiro atoms. The van der Waals surface area contributed by atoms with Crippen LogP contribution >= 0.6 is 11.3 Å². The van der Waals surface area contributed by atoms with Gasteiger partial charge in [0.2, 0.25) is 17.8 Å². The minimum Gasteiger partial charge on any atom is -0.368 e. The third-order valence-electron chi connectivity index (χ3n) is 2.94. The zero-order valence-electron chi connectivity index (χ0n) is 10.4. The maximum atomic E-state index is 5.73. The molecule has 1 saturated heterocycles. The second kappa shape index (κ2) is 5.35. The van der Waals surface area contributed by atoms with Crippen LogP contribution in [-0.4, -0.2) is 33.0 Å². The lowest BCUT2D eigenvalue weighted by atomic mass is 10.4. The Morgan fingerprint density at radius 1 is 1.26 bits per heavy atom. The van der Waals surface area contributed by atoms with Crippen molar-refractivity contribution in [2.75, 3.05) is 29.0 Å². The summed E-state index contributed by atoms with van der Waals surface area (Å²) in [6.07, 6.45) is 2.35. The van der Waals surface area contributed by atoms with E-state index in [2.05, 4.69) is 30.2 Å². The predicted octanol–water partition coefficient (Wildman–Crippen LogP) is 1.12. The number of nitrogen functional groups attached to an aromatic ring is 1. The quantitative estimate of drug-likeness (QED) is 0.865. The molecule has 8 heteroatoms. The maximum Gasteiger partial charge on any atom is 0.231 e. The van der Waals surface area contributed by atoms with E-state index in [1.165, 1.54) is 12.8 Å². The first-order valence-electron chi connectivity index (χ1n) is 6.19. The van der Waals surface area contributed by atoms with Gasteiger partial charge >= 0.3 is 0 Å². The normalized spacial score (nSPS) is 14.8. The van der Waals surface area contributed by atoms with Gasteiger partial charge in [0, 0.05) is 18.5 Å². The van der Waals surface area contributed by atoms with Crippen molar-refractivity contribution >= 4 is 29.2 Å². The van der Waals surface area contributed by atoms with Crippen LogP contribution < -0.4 is 16.0 Å². The van der Waals surface area contributed by atoms with Gasteiger partial charge in [0.15, 0.2) is 0 Å². The Bertz CT molecular complexity index is 536. The van der Waals surface area contributed by atoms with E-state index >= 15 is 0 Å². The van der Waals surface area contributed by atoms with Crippen LogP contribution in [0.5, 0.6) is 0 Å². The van der Waals surface area contributed by atoms with E-state index in [0.717, 1.165) is 18.8 Å². The zero-order chi connectivity index (χ0) is 13.1. The average molecular weight is 277 g/mol. The van der Waals surface area contributed by atoms with Gasteiger partial charge in [0.1, 0.15) is 0 Å². The molecule has 2 aromatic rings. The Hall–Kier alpha value is -1.96. The minimum absolute atomic E-state index is 0.248. The molecule has 0 aliphatic carbocycles. The van der Waals surface area contributed by atoms with E-state index in [0.29, 0.717) is 18.4 Å². The molecule has 7 nitrogen and oxygen atoms in total. The first-order chi connectivity index (χ1) is 9.31. The lowest BCUT2D eigenvalue weighted by molar-refractivity contribution is 0.879. The summed E-state index contributed by atoms with van der Waals surface area (Å²) in [5, 5.41) is 5.11. The number of hydrogen-bond donors (Lipinski definition) is 2. The van der Waals surface area contributed by atoms with Crippen molar-refractivity contribution < 1.29 is 0 Å².